The Kier molecular flexibility index (Phi) is 4.28. The number of nitrogens with two attached hydrogens (primary N) is 1. The first-order chi connectivity index (χ1) is 3.31. The normalized spacial score (nSPS) is 10.0. The van der Waals surface area contributed by atoms with Crippen LogP contribution in [0, 0.1) is 0 Å². The fraction of sp³-hybridized carbons (Fsp3) is 0.500. The molecule has 42 valence electrons. The third-order valence-corrected chi connectivity index (χ3v) is 1.61. The Hall–Kier alpha value is 0.0700. The lowest BCUT2D eigenvalue weighted by Crippen LogP contribution is -2.06. The van der Waals surface area contributed by atoms with E-state index in [1.54, 1.807) is 0 Å². The highest BCUT2D eigenvalue weighted by Crippen LogP contribution is 1.87. The van der Waals surface area contributed by atoms with Gasteiger partial charge >= 0.3 is 0 Å². The summed E-state index contributed by atoms with van der Waals surface area (Å²) < 4.78 is 0.978. The van der Waals surface area contributed by atoms with Crippen molar-refractivity contribution < 1.29 is 0 Å². The standard InChI is InChI=1S/C4H9IN2/c1-7(4-5)3-2-6/h2-3H,4,6H2,1H3/b3-2-. The van der Waals surface area contributed by atoms with Crippen LogP contribution < -0.4 is 5.73 Å². The predicted octanol–water partition coefficient (Wildman–Crippen LogP) is 0.741. The summed E-state index contributed by atoms with van der Waals surface area (Å²) in [5.74, 6) is 0. The Morgan fingerprint density at radius 2 is 2.43 bits per heavy atom. The monoisotopic (exact) mass is 212 g/mol. The molecule has 2 N–H and O–H groups in total. The van der Waals surface area contributed by atoms with Crippen molar-refractivity contribution in [3.05, 3.63) is 12.4 Å². The van der Waals surface area contributed by atoms with Gasteiger partial charge in [-0.15, -0.1) is 0 Å². The summed E-state index contributed by atoms with van der Waals surface area (Å²) in [6.45, 7) is 0. The van der Waals surface area contributed by atoms with E-state index in [9.17, 15) is 0 Å². The smallest absolute Gasteiger partial charge is 0.0691 e. The SMILES string of the molecule is CN(/C=C\N)CI. The van der Waals surface area contributed by atoms with E-state index in [1.807, 2.05) is 18.1 Å². The second-order valence-corrected chi connectivity index (χ2v) is 1.90. The molecule has 0 bridgehead atoms. The molecule has 0 saturated carbocycles. The number of nitrogens with zero attached hydrogens (tertiary/aromatic N) is 1. The van der Waals surface area contributed by atoms with Gasteiger partial charge in [0.25, 0.3) is 0 Å². The van der Waals surface area contributed by atoms with Crippen LogP contribution in [-0.4, -0.2) is 16.5 Å². The molecule has 0 amide bonds. The largest absolute Gasteiger partial charge is 0.403 e. The first kappa shape index (κ1) is 7.07. The van der Waals surface area contributed by atoms with Gasteiger partial charge in [-0.1, -0.05) is 22.6 Å². The third-order valence-electron chi connectivity index (χ3n) is 0.529. The molecule has 0 radical (unpaired) electrons. The average molecular weight is 212 g/mol. The van der Waals surface area contributed by atoms with Crippen LogP contribution in [0.4, 0.5) is 0 Å². The van der Waals surface area contributed by atoms with E-state index in [0.29, 0.717) is 0 Å². The molecule has 0 rings (SSSR count). The zero-order chi connectivity index (χ0) is 5.70. The molecule has 0 aromatic carbocycles. The van der Waals surface area contributed by atoms with Gasteiger partial charge in [0.15, 0.2) is 0 Å². The molecule has 0 aromatic rings. The van der Waals surface area contributed by atoms with Crippen molar-refractivity contribution >= 4 is 22.6 Å². The van der Waals surface area contributed by atoms with E-state index >= 15 is 0 Å². The molecule has 0 atom stereocenters. The lowest BCUT2D eigenvalue weighted by molar-refractivity contribution is 0.552. The van der Waals surface area contributed by atoms with Gasteiger partial charge in [-0.25, -0.2) is 0 Å². The van der Waals surface area contributed by atoms with Crippen LogP contribution in [0.2, 0.25) is 0 Å². The Bertz CT molecular complexity index is 62.7. The fourth-order valence-electron chi connectivity index (χ4n) is 0.187. The average Bonchev–Trinajstić information content (AvgIpc) is 1.68. The van der Waals surface area contributed by atoms with Crippen molar-refractivity contribution in [1.82, 2.24) is 4.90 Å². The quantitative estimate of drug-likeness (QED) is 0.415. The minimum atomic E-state index is 0.978. The van der Waals surface area contributed by atoms with Crippen LogP contribution >= 0.6 is 22.6 Å². The van der Waals surface area contributed by atoms with E-state index in [-0.39, 0.29) is 0 Å². The van der Waals surface area contributed by atoms with E-state index in [2.05, 4.69) is 22.6 Å². The van der Waals surface area contributed by atoms with Gasteiger partial charge in [0.2, 0.25) is 0 Å². The van der Waals surface area contributed by atoms with Gasteiger partial charge in [0, 0.05) is 19.4 Å². The molecule has 7 heavy (non-hydrogen) atoms. The highest BCUT2D eigenvalue weighted by Gasteiger charge is 1.78. The van der Waals surface area contributed by atoms with Gasteiger partial charge in [0.1, 0.15) is 0 Å². The Labute approximate surface area is 57.5 Å². The summed E-state index contributed by atoms with van der Waals surface area (Å²) in [7, 11) is 1.97. The van der Waals surface area contributed by atoms with Crippen LogP contribution in [0.1, 0.15) is 0 Å². The van der Waals surface area contributed by atoms with Crippen LogP contribution in [0.15, 0.2) is 12.4 Å². The second kappa shape index (κ2) is 4.23. The number of rotatable bonds is 2. The van der Waals surface area contributed by atoms with Crippen molar-refractivity contribution in [2.75, 3.05) is 11.6 Å². The van der Waals surface area contributed by atoms with Crippen LogP contribution in [0.3, 0.4) is 0 Å². The molecule has 2 nitrogen and oxygen atoms in total. The molecular weight excluding hydrogens is 203 g/mol. The van der Waals surface area contributed by atoms with E-state index in [1.165, 1.54) is 6.20 Å². The predicted molar refractivity (Wildman–Crippen MR) is 40.0 cm³/mol. The molecule has 0 fully saturated rings. The minimum absolute atomic E-state index is 0.978. The van der Waals surface area contributed by atoms with Gasteiger partial charge in [-0.2, -0.15) is 0 Å². The number of halogens is 1. The molecule has 0 aliphatic heterocycles. The molecule has 0 saturated heterocycles. The van der Waals surface area contributed by atoms with E-state index < -0.39 is 0 Å². The summed E-state index contributed by atoms with van der Waals surface area (Å²) in [6.07, 6.45) is 3.35. The Morgan fingerprint density at radius 1 is 1.86 bits per heavy atom. The molecule has 0 spiro atoms. The zero-order valence-electron chi connectivity index (χ0n) is 4.26. The van der Waals surface area contributed by atoms with Gasteiger partial charge in [-0.3, -0.25) is 0 Å². The van der Waals surface area contributed by atoms with Crippen molar-refractivity contribution in [2.24, 2.45) is 5.73 Å². The van der Waals surface area contributed by atoms with Crippen LogP contribution in [0.5, 0.6) is 0 Å². The summed E-state index contributed by atoms with van der Waals surface area (Å²) >= 11 is 2.26. The van der Waals surface area contributed by atoms with Crippen molar-refractivity contribution in [3.63, 3.8) is 0 Å². The van der Waals surface area contributed by atoms with Gasteiger partial charge < -0.3 is 10.6 Å². The first-order valence-electron chi connectivity index (χ1n) is 1.96. The number of alkyl halides is 1. The molecule has 0 aliphatic carbocycles. The van der Waals surface area contributed by atoms with E-state index in [0.717, 1.165) is 4.55 Å². The number of hydrogen-bond acceptors (Lipinski definition) is 2. The first-order valence-corrected chi connectivity index (χ1v) is 3.48. The number of hydrogen-bond donors (Lipinski definition) is 1. The maximum absolute atomic E-state index is 5.08. The second-order valence-electron chi connectivity index (χ2n) is 1.22. The summed E-state index contributed by atoms with van der Waals surface area (Å²) in [4.78, 5) is 1.99. The van der Waals surface area contributed by atoms with Crippen molar-refractivity contribution in [1.29, 1.82) is 0 Å². The maximum Gasteiger partial charge on any atom is 0.0691 e. The molecule has 0 aliphatic rings. The lowest BCUT2D eigenvalue weighted by atomic mass is 10.8. The molecular formula is C4H9IN2. The summed E-state index contributed by atoms with van der Waals surface area (Å²) in [5.41, 5.74) is 5.08. The van der Waals surface area contributed by atoms with Crippen molar-refractivity contribution in [3.8, 4) is 0 Å². The fourth-order valence-corrected chi connectivity index (χ4v) is 0.414. The van der Waals surface area contributed by atoms with E-state index in [4.69, 9.17) is 5.73 Å². The van der Waals surface area contributed by atoms with Crippen LogP contribution in [-0.2, 0) is 0 Å². The summed E-state index contributed by atoms with van der Waals surface area (Å²) in [6, 6.07) is 0. The van der Waals surface area contributed by atoms with Gasteiger partial charge in [-0.05, 0) is 0 Å². The Balaban J connectivity index is 3.16. The summed E-state index contributed by atoms with van der Waals surface area (Å²) in [5, 5.41) is 0. The highest BCUT2D eigenvalue weighted by atomic mass is 127. The zero-order valence-corrected chi connectivity index (χ0v) is 6.42. The molecule has 3 heteroatoms. The Morgan fingerprint density at radius 3 is 2.57 bits per heavy atom. The van der Waals surface area contributed by atoms with Gasteiger partial charge in [0.05, 0.1) is 4.55 Å². The lowest BCUT2D eigenvalue weighted by Gasteiger charge is -2.05. The van der Waals surface area contributed by atoms with Crippen LogP contribution in [0.25, 0.3) is 0 Å². The molecule has 0 aromatic heterocycles. The topological polar surface area (TPSA) is 29.3 Å². The minimum Gasteiger partial charge on any atom is -0.403 e. The molecule has 0 heterocycles. The highest BCUT2D eigenvalue weighted by molar-refractivity contribution is 14.1. The third kappa shape index (κ3) is 3.91. The van der Waals surface area contributed by atoms with Crippen molar-refractivity contribution in [2.45, 2.75) is 0 Å². The maximum atomic E-state index is 5.08. The molecule has 0 unspecified atom stereocenters.